The van der Waals surface area contributed by atoms with Gasteiger partial charge in [0, 0.05) is 17.0 Å². The van der Waals surface area contributed by atoms with Crippen molar-refractivity contribution in [3.63, 3.8) is 0 Å². The summed E-state index contributed by atoms with van der Waals surface area (Å²) in [6, 6.07) is 5.64. The number of nitrogens with zero attached hydrogens (tertiary/aromatic N) is 1. The summed E-state index contributed by atoms with van der Waals surface area (Å²) >= 11 is 1.50. The lowest BCUT2D eigenvalue weighted by Crippen LogP contribution is -2.19. The molecule has 0 saturated heterocycles. The molecular weight excluding hydrogens is 259 g/mol. The number of rotatable bonds is 5. The molecule has 0 aliphatic rings. The van der Waals surface area contributed by atoms with Gasteiger partial charge in [0.15, 0.2) is 0 Å². The summed E-state index contributed by atoms with van der Waals surface area (Å²) in [5.74, 6) is -0.169. The number of hydrogen-bond donors (Lipinski definition) is 1. The van der Waals surface area contributed by atoms with Crippen molar-refractivity contribution in [2.24, 2.45) is 0 Å². The Hall–Kier alpha value is -1.26. The molecule has 0 aliphatic heterocycles. The second-order valence-electron chi connectivity index (χ2n) is 4.69. The largest absolute Gasteiger partial charge is 0.309 e. The molecule has 1 unspecified atom stereocenters. The van der Waals surface area contributed by atoms with Gasteiger partial charge < -0.3 is 5.32 Å². The first-order valence-corrected chi connectivity index (χ1v) is 7.45. The summed E-state index contributed by atoms with van der Waals surface area (Å²) in [5.41, 5.74) is 2.24. The summed E-state index contributed by atoms with van der Waals surface area (Å²) in [6.07, 6.45) is 1.09. The van der Waals surface area contributed by atoms with Gasteiger partial charge in [0.05, 0.1) is 5.69 Å². The van der Waals surface area contributed by atoms with Gasteiger partial charge in [-0.1, -0.05) is 19.1 Å². The van der Waals surface area contributed by atoms with E-state index in [1.54, 1.807) is 19.1 Å². The molecule has 0 bridgehead atoms. The minimum absolute atomic E-state index is 0.169. The monoisotopic (exact) mass is 278 g/mol. The summed E-state index contributed by atoms with van der Waals surface area (Å²) in [7, 11) is 0. The van der Waals surface area contributed by atoms with Gasteiger partial charge in [0.1, 0.15) is 10.8 Å². The van der Waals surface area contributed by atoms with Crippen LogP contribution >= 0.6 is 11.3 Å². The van der Waals surface area contributed by atoms with Crippen LogP contribution in [0.25, 0.3) is 10.6 Å². The highest BCUT2D eigenvalue weighted by molar-refractivity contribution is 7.13. The highest BCUT2D eigenvalue weighted by atomic mass is 32.1. The molecule has 0 aliphatic carbocycles. The van der Waals surface area contributed by atoms with Crippen LogP contribution in [0, 0.1) is 12.7 Å². The fourth-order valence-electron chi connectivity index (χ4n) is 1.89. The molecule has 0 spiro atoms. The van der Waals surface area contributed by atoms with Gasteiger partial charge in [-0.05, 0) is 38.4 Å². The van der Waals surface area contributed by atoms with Gasteiger partial charge in [-0.2, -0.15) is 0 Å². The van der Waals surface area contributed by atoms with E-state index in [4.69, 9.17) is 0 Å². The van der Waals surface area contributed by atoms with E-state index in [0.717, 1.165) is 23.7 Å². The van der Waals surface area contributed by atoms with Crippen molar-refractivity contribution in [2.45, 2.75) is 33.2 Å². The Morgan fingerprint density at radius 1 is 1.42 bits per heavy atom. The Balaban J connectivity index is 2.23. The van der Waals surface area contributed by atoms with E-state index < -0.39 is 0 Å². The number of aryl methyl sites for hydroxylation is 1. The van der Waals surface area contributed by atoms with Crippen LogP contribution in [0.1, 0.15) is 37.6 Å². The minimum Gasteiger partial charge on any atom is -0.309 e. The summed E-state index contributed by atoms with van der Waals surface area (Å²) in [6.45, 7) is 6.96. The first kappa shape index (κ1) is 14.2. The predicted octanol–water partition coefficient (Wildman–Crippen LogP) is 4.32. The van der Waals surface area contributed by atoms with Crippen LogP contribution in [0.15, 0.2) is 23.6 Å². The lowest BCUT2D eigenvalue weighted by molar-refractivity contribution is 0.561. The maximum absolute atomic E-state index is 14.1. The number of nitrogens with one attached hydrogen (secondary N) is 1. The zero-order valence-electron chi connectivity index (χ0n) is 11.5. The second kappa shape index (κ2) is 6.26. The van der Waals surface area contributed by atoms with Crippen LogP contribution in [-0.2, 0) is 0 Å². The van der Waals surface area contributed by atoms with Crippen molar-refractivity contribution in [1.29, 1.82) is 0 Å². The van der Waals surface area contributed by atoms with E-state index in [0.29, 0.717) is 11.1 Å². The van der Waals surface area contributed by atoms with Crippen LogP contribution in [0.2, 0.25) is 0 Å². The zero-order valence-corrected chi connectivity index (χ0v) is 12.4. The highest BCUT2D eigenvalue weighted by Gasteiger charge is 2.13. The molecule has 0 amide bonds. The van der Waals surface area contributed by atoms with Crippen molar-refractivity contribution in [1.82, 2.24) is 10.3 Å². The lowest BCUT2D eigenvalue weighted by Gasteiger charge is -2.09. The van der Waals surface area contributed by atoms with Crippen molar-refractivity contribution >= 4 is 11.3 Å². The van der Waals surface area contributed by atoms with Gasteiger partial charge in [0.2, 0.25) is 0 Å². The van der Waals surface area contributed by atoms with Gasteiger partial charge in [0.25, 0.3) is 0 Å². The van der Waals surface area contributed by atoms with Gasteiger partial charge >= 0.3 is 0 Å². The molecule has 2 nitrogen and oxygen atoms in total. The number of thiazole rings is 1. The van der Waals surface area contributed by atoms with E-state index in [2.05, 4.69) is 24.1 Å². The molecular formula is C15H19FN2S. The highest BCUT2D eigenvalue weighted by Crippen LogP contribution is 2.29. The molecule has 0 fully saturated rings. The van der Waals surface area contributed by atoms with Crippen molar-refractivity contribution in [3.8, 4) is 10.6 Å². The Labute approximate surface area is 117 Å². The van der Waals surface area contributed by atoms with E-state index >= 15 is 0 Å². The maximum atomic E-state index is 14.1. The normalized spacial score (nSPS) is 12.6. The number of hydrogen-bond acceptors (Lipinski definition) is 3. The molecule has 19 heavy (non-hydrogen) atoms. The average Bonchev–Trinajstić information content (AvgIpc) is 2.88. The number of aromatic nitrogens is 1. The summed E-state index contributed by atoms with van der Waals surface area (Å²) in [5, 5.41) is 6.15. The van der Waals surface area contributed by atoms with Crippen LogP contribution in [0.4, 0.5) is 4.39 Å². The van der Waals surface area contributed by atoms with Crippen LogP contribution in [-0.4, -0.2) is 11.5 Å². The zero-order chi connectivity index (χ0) is 13.8. The first-order chi connectivity index (χ1) is 9.13. The topological polar surface area (TPSA) is 24.9 Å². The molecule has 0 saturated carbocycles. The smallest absolute Gasteiger partial charge is 0.136 e. The quantitative estimate of drug-likeness (QED) is 0.881. The van der Waals surface area contributed by atoms with E-state index in [1.807, 2.05) is 11.4 Å². The molecule has 1 N–H and O–H groups in total. The molecule has 102 valence electrons. The Bertz CT molecular complexity index is 551. The van der Waals surface area contributed by atoms with Crippen molar-refractivity contribution in [3.05, 3.63) is 40.7 Å². The fourth-order valence-corrected chi connectivity index (χ4v) is 2.82. The van der Waals surface area contributed by atoms with Gasteiger partial charge in [-0.15, -0.1) is 11.3 Å². The molecule has 2 aromatic rings. The Kier molecular flexibility index (Phi) is 4.66. The van der Waals surface area contributed by atoms with E-state index in [-0.39, 0.29) is 11.9 Å². The number of benzene rings is 1. The molecule has 0 radical (unpaired) electrons. The van der Waals surface area contributed by atoms with Gasteiger partial charge in [-0.25, -0.2) is 9.37 Å². The SMILES string of the molecule is CCCNC(C)c1csc(-c2cccc(C)c2F)n1. The minimum atomic E-state index is -0.169. The summed E-state index contributed by atoms with van der Waals surface area (Å²) in [4.78, 5) is 4.55. The maximum Gasteiger partial charge on any atom is 0.136 e. The molecule has 1 aromatic carbocycles. The average molecular weight is 278 g/mol. The van der Waals surface area contributed by atoms with Gasteiger partial charge in [-0.3, -0.25) is 0 Å². The number of halogens is 1. The van der Waals surface area contributed by atoms with Crippen LogP contribution < -0.4 is 5.32 Å². The standard InChI is InChI=1S/C15H19FN2S/c1-4-8-17-11(3)13-9-19-15(18-13)12-7-5-6-10(2)14(12)16/h5-7,9,11,17H,4,8H2,1-3H3. The van der Waals surface area contributed by atoms with Crippen LogP contribution in [0.3, 0.4) is 0 Å². The van der Waals surface area contributed by atoms with Crippen LogP contribution in [0.5, 0.6) is 0 Å². The predicted molar refractivity (Wildman–Crippen MR) is 79.0 cm³/mol. The van der Waals surface area contributed by atoms with Crippen molar-refractivity contribution in [2.75, 3.05) is 6.54 Å². The fraction of sp³-hybridized carbons (Fsp3) is 0.400. The molecule has 1 heterocycles. The van der Waals surface area contributed by atoms with E-state index in [9.17, 15) is 4.39 Å². The Morgan fingerprint density at radius 3 is 2.95 bits per heavy atom. The third-order valence-corrected chi connectivity index (χ3v) is 3.98. The third-order valence-electron chi connectivity index (χ3n) is 3.09. The molecule has 2 rings (SSSR count). The van der Waals surface area contributed by atoms with Crippen molar-refractivity contribution < 1.29 is 4.39 Å². The first-order valence-electron chi connectivity index (χ1n) is 6.57. The lowest BCUT2D eigenvalue weighted by atomic mass is 10.1. The molecule has 1 atom stereocenters. The third kappa shape index (κ3) is 3.19. The van der Waals surface area contributed by atoms with E-state index in [1.165, 1.54) is 11.3 Å². The Morgan fingerprint density at radius 2 is 2.21 bits per heavy atom. The molecule has 1 aromatic heterocycles. The molecule has 4 heteroatoms. The second-order valence-corrected chi connectivity index (χ2v) is 5.55. The summed E-state index contributed by atoms with van der Waals surface area (Å²) < 4.78 is 14.1.